The number of nitrogens with one attached hydrogen (secondary N) is 2. The number of hydrogen-bond acceptors (Lipinski definition) is 5. The highest BCUT2D eigenvalue weighted by molar-refractivity contribution is 5.74. The Hall–Kier alpha value is -3.16. The lowest BCUT2D eigenvalue weighted by atomic mass is 10.1. The average molecular weight is 317 g/mol. The quantitative estimate of drug-likeness (QED) is 0.645. The zero-order chi connectivity index (χ0) is 17.0. The van der Waals surface area contributed by atoms with E-state index in [4.69, 9.17) is 4.74 Å². The molecular weight excluding hydrogens is 302 g/mol. The Bertz CT molecular complexity index is 864. The summed E-state index contributed by atoms with van der Waals surface area (Å²) < 4.78 is 5.63. The zero-order valence-electron chi connectivity index (χ0n) is 12.5. The second-order valence-corrected chi connectivity index (χ2v) is 4.97. The van der Waals surface area contributed by atoms with E-state index in [1.165, 1.54) is 12.2 Å². The Morgan fingerprint density at radius 3 is 2.52 bits per heavy atom. The van der Waals surface area contributed by atoms with Gasteiger partial charge in [0.1, 0.15) is 11.4 Å². The summed E-state index contributed by atoms with van der Waals surface area (Å²) in [4.78, 5) is 37.1. The molecule has 1 heterocycles. The van der Waals surface area contributed by atoms with Crippen molar-refractivity contribution in [2.75, 3.05) is 0 Å². The van der Waals surface area contributed by atoms with Gasteiger partial charge in [-0.05, 0) is 32.1 Å². The molecule has 2 rings (SSSR count). The van der Waals surface area contributed by atoms with Gasteiger partial charge in [0.05, 0.1) is 11.0 Å². The molecular formula is C15H15N3O5. The van der Waals surface area contributed by atoms with E-state index in [0.717, 1.165) is 0 Å². The van der Waals surface area contributed by atoms with Crippen molar-refractivity contribution in [1.29, 1.82) is 0 Å². The van der Waals surface area contributed by atoms with E-state index < -0.39 is 21.9 Å². The van der Waals surface area contributed by atoms with Crippen LogP contribution >= 0.6 is 0 Å². The minimum Gasteiger partial charge on any atom is -0.490 e. The Labute approximate surface area is 130 Å². The molecule has 0 aliphatic rings. The summed E-state index contributed by atoms with van der Waals surface area (Å²) in [5, 5.41) is 11.0. The summed E-state index contributed by atoms with van der Waals surface area (Å²) >= 11 is 0. The number of aromatic nitrogens is 2. The fourth-order valence-corrected chi connectivity index (χ4v) is 1.95. The molecule has 0 bridgehead atoms. The molecule has 0 atom stereocenters. The van der Waals surface area contributed by atoms with Gasteiger partial charge in [0.2, 0.25) is 0 Å². The topological polar surface area (TPSA) is 118 Å². The monoisotopic (exact) mass is 317 g/mol. The Morgan fingerprint density at radius 2 is 1.87 bits per heavy atom. The molecule has 0 aliphatic heterocycles. The summed E-state index contributed by atoms with van der Waals surface area (Å²) in [6, 6.07) is 7.09. The minimum absolute atomic E-state index is 0.0433. The first-order chi connectivity index (χ1) is 10.9. The van der Waals surface area contributed by atoms with Crippen LogP contribution in [0.1, 0.15) is 25.1 Å². The van der Waals surface area contributed by atoms with Gasteiger partial charge < -0.3 is 9.72 Å². The second-order valence-electron chi connectivity index (χ2n) is 4.97. The van der Waals surface area contributed by atoms with Crippen LogP contribution in [0, 0.1) is 10.1 Å². The highest BCUT2D eigenvalue weighted by atomic mass is 16.6. The summed E-state index contributed by atoms with van der Waals surface area (Å²) in [7, 11) is 0. The van der Waals surface area contributed by atoms with Crippen LogP contribution in [0.2, 0.25) is 0 Å². The fourth-order valence-electron chi connectivity index (χ4n) is 1.95. The van der Waals surface area contributed by atoms with Gasteiger partial charge in [-0.25, -0.2) is 4.79 Å². The molecule has 0 aliphatic carbocycles. The number of ether oxygens (including phenoxy) is 1. The predicted molar refractivity (Wildman–Crippen MR) is 85.5 cm³/mol. The molecule has 8 heteroatoms. The number of nitro groups is 1. The fraction of sp³-hybridized carbons (Fsp3) is 0.200. The SMILES string of the molecule is CC(C)Oc1ccccc1/C=C\c1[nH]c(=O)[nH]c(=O)c1[N+](=O)[O-]. The molecule has 0 fully saturated rings. The maximum absolute atomic E-state index is 11.6. The summed E-state index contributed by atoms with van der Waals surface area (Å²) in [5.74, 6) is 0.591. The van der Waals surface area contributed by atoms with Crippen molar-refractivity contribution in [2.24, 2.45) is 0 Å². The lowest BCUT2D eigenvalue weighted by Gasteiger charge is -2.11. The molecule has 120 valence electrons. The molecule has 23 heavy (non-hydrogen) atoms. The Kier molecular flexibility index (Phi) is 4.75. The minimum atomic E-state index is -1.05. The van der Waals surface area contributed by atoms with Crippen LogP contribution in [0.15, 0.2) is 33.9 Å². The van der Waals surface area contributed by atoms with Crippen LogP contribution in [0.3, 0.4) is 0 Å². The number of hydrogen-bond donors (Lipinski definition) is 2. The average Bonchev–Trinajstić information content (AvgIpc) is 2.44. The Balaban J connectivity index is 2.48. The van der Waals surface area contributed by atoms with Crippen molar-refractivity contribution in [1.82, 2.24) is 9.97 Å². The standard InChI is InChI=1S/C15H15N3O5/c1-9(2)23-12-6-4-3-5-10(12)7-8-11-13(18(21)22)14(19)17-15(20)16-11/h3-9H,1-2H3,(H2,16,17,19,20)/b8-7-. The van der Waals surface area contributed by atoms with E-state index >= 15 is 0 Å². The van der Waals surface area contributed by atoms with Crippen molar-refractivity contribution in [3.8, 4) is 5.75 Å². The lowest BCUT2D eigenvalue weighted by molar-refractivity contribution is -0.386. The molecule has 0 amide bonds. The maximum atomic E-state index is 11.6. The van der Waals surface area contributed by atoms with Crippen LogP contribution in [0.5, 0.6) is 5.75 Å². The first-order valence-electron chi connectivity index (χ1n) is 6.83. The van der Waals surface area contributed by atoms with Crippen molar-refractivity contribution >= 4 is 17.8 Å². The van der Waals surface area contributed by atoms with E-state index in [2.05, 4.69) is 4.98 Å². The molecule has 0 spiro atoms. The summed E-state index contributed by atoms with van der Waals surface area (Å²) in [6.07, 6.45) is 2.80. The van der Waals surface area contributed by atoms with Crippen LogP contribution in [0.4, 0.5) is 5.69 Å². The van der Waals surface area contributed by atoms with Gasteiger partial charge in [0, 0.05) is 5.56 Å². The smallest absolute Gasteiger partial charge is 0.357 e. The van der Waals surface area contributed by atoms with Crippen molar-refractivity contribution in [3.63, 3.8) is 0 Å². The van der Waals surface area contributed by atoms with Crippen LogP contribution < -0.4 is 16.0 Å². The molecule has 0 radical (unpaired) electrons. The van der Waals surface area contributed by atoms with Gasteiger partial charge >= 0.3 is 16.9 Å². The molecule has 8 nitrogen and oxygen atoms in total. The van der Waals surface area contributed by atoms with Gasteiger partial charge in [-0.1, -0.05) is 18.2 Å². The van der Waals surface area contributed by atoms with E-state index in [-0.39, 0.29) is 11.8 Å². The summed E-state index contributed by atoms with van der Waals surface area (Å²) in [5.41, 5.74) is -2.10. The van der Waals surface area contributed by atoms with Crippen molar-refractivity contribution in [3.05, 3.63) is 66.5 Å². The molecule has 2 aromatic rings. The van der Waals surface area contributed by atoms with Gasteiger partial charge in [-0.3, -0.25) is 19.9 Å². The zero-order valence-corrected chi connectivity index (χ0v) is 12.5. The molecule has 2 N–H and O–H groups in total. The molecule has 1 aromatic heterocycles. The predicted octanol–water partition coefficient (Wildman–Crippen LogP) is 1.93. The van der Waals surface area contributed by atoms with Gasteiger partial charge in [0.15, 0.2) is 0 Å². The molecule has 0 saturated heterocycles. The molecule has 1 aromatic carbocycles. The van der Waals surface area contributed by atoms with E-state index in [1.54, 1.807) is 24.3 Å². The third kappa shape index (κ3) is 3.94. The number of rotatable bonds is 5. The number of H-pyrrole nitrogens is 2. The first kappa shape index (κ1) is 16.2. The second kappa shape index (κ2) is 6.73. The summed E-state index contributed by atoms with van der Waals surface area (Å²) in [6.45, 7) is 3.75. The maximum Gasteiger partial charge on any atom is 0.357 e. The highest BCUT2D eigenvalue weighted by Crippen LogP contribution is 2.22. The molecule has 0 saturated carbocycles. The third-order valence-corrected chi connectivity index (χ3v) is 2.84. The Morgan fingerprint density at radius 1 is 1.17 bits per heavy atom. The molecule has 0 unspecified atom stereocenters. The van der Waals surface area contributed by atoms with E-state index in [9.17, 15) is 19.7 Å². The van der Waals surface area contributed by atoms with E-state index in [0.29, 0.717) is 11.3 Å². The van der Waals surface area contributed by atoms with Crippen molar-refractivity contribution < 1.29 is 9.66 Å². The van der Waals surface area contributed by atoms with Crippen LogP contribution in [0.25, 0.3) is 12.2 Å². The number of nitrogens with zero attached hydrogens (tertiary/aromatic N) is 1. The van der Waals surface area contributed by atoms with Gasteiger partial charge in [0.25, 0.3) is 0 Å². The first-order valence-corrected chi connectivity index (χ1v) is 6.83. The number of benzene rings is 1. The highest BCUT2D eigenvalue weighted by Gasteiger charge is 2.18. The van der Waals surface area contributed by atoms with Gasteiger partial charge in [-0.15, -0.1) is 0 Å². The van der Waals surface area contributed by atoms with Crippen molar-refractivity contribution in [2.45, 2.75) is 20.0 Å². The van der Waals surface area contributed by atoms with Gasteiger partial charge in [-0.2, -0.15) is 0 Å². The largest absolute Gasteiger partial charge is 0.490 e. The van der Waals surface area contributed by atoms with Crippen LogP contribution in [-0.2, 0) is 0 Å². The number of aromatic amines is 2. The normalized spacial score (nSPS) is 11.1. The number of para-hydroxylation sites is 1. The lowest BCUT2D eigenvalue weighted by Crippen LogP contribution is -2.25. The van der Waals surface area contributed by atoms with Crippen LogP contribution in [-0.4, -0.2) is 21.0 Å². The third-order valence-electron chi connectivity index (χ3n) is 2.84. The van der Waals surface area contributed by atoms with E-state index in [1.807, 2.05) is 18.8 Å².